The van der Waals surface area contributed by atoms with Gasteiger partial charge in [-0.2, -0.15) is 5.26 Å². The van der Waals surface area contributed by atoms with Crippen molar-refractivity contribution in [3.8, 4) is 6.07 Å². The molecular formula is C56H40N4. The van der Waals surface area contributed by atoms with Gasteiger partial charge in [0.25, 0.3) is 0 Å². The molecule has 0 N–H and O–H groups in total. The van der Waals surface area contributed by atoms with Gasteiger partial charge in [-0.25, -0.2) is 4.85 Å². The Morgan fingerprint density at radius 2 is 0.700 bits per heavy atom. The quantitative estimate of drug-likeness (QED) is 0.0917. The predicted molar refractivity (Wildman–Crippen MR) is 253 cm³/mol. The van der Waals surface area contributed by atoms with Crippen LogP contribution in [-0.4, -0.2) is 0 Å². The number of anilines is 6. The van der Waals surface area contributed by atoms with Gasteiger partial charge in [-0.05, 0) is 118 Å². The summed E-state index contributed by atoms with van der Waals surface area (Å²) >= 11 is 0. The van der Waals surface area contributed by atoms with Crippen LogP contribution in [0.2, 0.25) is 0 Å². The van der Waals surface area contributed by atoms with Gasteiger partial charge in [-0.3, -0.25) is 0 Å². The molecule has 60 heavy (non-hydrogen) atoms. The minimum Gasteiger partial charge on any atom is -0.311 e. The third-order valence-corrected chi connectivity index (χ3v) is 10.1. The Kier molecular flexibility index (Phi) is 12.0. The van der Waals surface area contributed by atoms with E-state index in [9.17, 15) is 5.26 Å². The van der Waals surface area contributed by atoms with Crippen LogP contribution in [0.4, 0.5) is 39.8 Å². The smallest absolute Gasteiger partial charge is 0.194 e. The molecule has 8 aromatic rings. The monoisotopic (exact) mass is 768 g/mol. The van der Waals surface area contributed by atoms with E-state index in [1.807, 2.05) is 109 Å². The van der Waals surface area contributed by atoms with Crippen molar-refractivity contribution in [2.75, 3.05) is 9.80 Å². The first-order valence-electron chi connectivity index (χ1n) is 19.8. The van der Waals surface area contributed by atoms with Gasteiger partial charge in [-0.15, -0.1) is 0 Å². The molecule has 0 saturated heterocycles. The van der Waals surface area contributed by atoms with E-state index in [0.717, 1.165) is 67.5 Å². The molecule has 0 unspecified atom stereocenters. The van der Waals surface area contributed by atoms with Crippen molar-refractivity contribution >= 4 is 76.3 Å². The van der Waals surface area contributed by atoms with Crippen LogP contribution < -0.4 is 9.80 Å². The van der Waals surface area contributed by atoms with Gasteiger partial charge in [0.1, 0.15) is 0 Å². The zero-order chi connectivity index (χ0) is 40.9. The summed E-state index contributed by atoms with van der Waals surface area (Å²) in [6.45, 7) is 7.90. The molecular weight excluding hydrogens is 729 g/mol. The number of nitrogens with zero attached hydrogens (tertiary/aromatic N) is 4. The number of hydrogen-bond acceptors (Lipinski definition) is 3. The van der Waals surface area contributed by atoms with Gasteiger partial charge in [0.05, 0.1) is 18.2 Å². The third-order valence-electron chi connectivity index (χ3n) is 10.1. The highest BCUT2D eigenvalue weighted by Crippen LogP contribution is 2.36. The van der Waals surface area contributed by atoms with Crippen molar-refractivity contribution in [3.05, 3.63) is 257 Å². The molecule has 0 aliphatic heterocycles. The van der Waals surface area contributed by atoms with Crippen molar-refractivity contribution in [2.24, 2.45) is 0 Å². The summed E-state index contributed by atoms with van der Waals surface area (Å²) in [7, 11) is 0. The second-order valence-corrected chi connectivity index (χ2v) is 14.1. The van der Waals surface area contributed by atoms with Crippen LogP contribution in [0.15, 0.2) is 206 Å². The van der Waals surface area contributed by atoms with E-state index < -0.39 is 0 Å². The zero-order valence-corrected chi connectivity index (χ0v) is 32.9. The molecule has 0 fully saturated rings. The first-order valence-corrected chi connectivity index (χ1v) is 19.8. The molecule has 0 atom stereocenters. The lowest BCUT2D eigenvalue weighted by Crippen LogP contribution is -2.09. The summed E-state index contributed by atoms with van der Waals surface area (Å²) < 4.78 is 0. The highest BCUT2D eigenvalue weighted by molar-refractivity contribution is 5.83. The summed E-state index contributed by atoms with van der Waals surface area (Å²) in [6.07, 6.45) is 12.0. The third kappa shape index (κ3) is 9.22. The molecule has 0 amide bonds. The maximum absolute atomic E-state index is 10.1. The predicted octanol–water partition coefficient (Wildman–Crippen LogP) is 15.6. The Hall–Kier alpha value is -8.44. The summed E-state index contributed by atoms with van der Waals surface area (Å²) in [6, 6.07) is 72.4. The molecule has 0 aromatic heterocycles. The van der Waals surface area contributed by atoms with Crippen LogP contribution in [0.1, 0.15) is 38.9 Å². The van der Waals surface area contributed by atoms with Gasteiger partial charge < -0.3 is 9.80 Å². The summed E-state index contributed by atoms with van der Waals surface area (Å²) in [5, 5.41) is 10.1. The van der Waals surface area contributed by atoms with E-state index in [4.69, 9.17) is 6.57 Å². The lowest BCUT2D eigenvalue weighted by molar-refractivity contribution is 1.28. The molecule has 0 spiro atoms. The molecule has 4 nitrogen and oxygen atoms in total. The average Bonchev–Trinajstić information content (AvgIpc) is 3.32. The van der Waals surface area contributed by atoms with E-state index in [1.165, 1.54) is 0 Å². The number of para-hydroxylation sites is 4. The lowest BCUT2D eigenvalue weighted by atomic mass is 10.0. The van der Waals surface area contributed by atoms with Gasteiger partial charge >= 0.3 is 0 Å². The minimum absolute atomic E-state index is 0.546. The normalized spacial score (nSPS) is 11.1. The first-order chi connectivity index (χ1) is 29.6. The Morgan fingerprint density at radius 3 is 1.10 bits per heavy atom. The van der Waals surface area contributed by atoms with Gasteiger partial charge in [0.2, 0.25) is 0 Å². The second-order valence-electron chi connectivity index (χ2n) is 14.1. The molecule has 4 heteroatoms. The second kappa shape index (κ2) is 18.7. The maximum Gasteiger partial charge on any atom is 0.194 e. The zero-order valence-electron chi connectivity index (χ0n) is 32.9. The molecule has 0 aliphatic carbocycles. The van der Waals surface area contributed by atoms with Crippen LogP contribution in [0.5, 0.6) is 0 Å². The van der Waals surface area contributed by atoms with Crippen molar-refractivity contribution in [2.45, 2.75) is 0 Å². The van der Waals surface area contributed by atoms with E-state index >= 15 is 0 Å². The molecule has 0 aliphatic rings. The van der Waals surface area contributed by atoms with Gasteiger partial charge in [0.15, 0.2) is 5.69 Å². The van der Waals surface area contributed by atoms with E-state index in [1.54, 1.807) is 0 Å². The average molecular weight is 769 g/mol. The molecule has 284 valence electrons. The summed E-state index contributed by atoms with van der Waals surface area (Å²) in [5.41, 5.74) is 13.2. The Bertz CT molecular complexity index is 2570. The van der Waals surface area contributed by atoms with Crippen LogP contribution in [0.3, 0.4) is 0 Å². The number of nitriles is 1. The molecule has 0 bridgehead atoms. The number of hydrogen-bond donors (Lipinski definition) is 0. The highest BCUT2D eigenvalue weighted by Gasteiger charge is 2.13. The first kappa shape index (κ1) is 38.4. The largest absolute Gasteiger partial charge is 0.311 e. The van der Waals surface area contributed by atoms with E-state index in [2.05, 4.69) is 154 Å². The van der Waals surface area contributed by atoms with E-state index in [0.29, 0.717) is 11.3 Å². The van der Waals surface area contributed by atoms with Gasteiger partial charge in [-0.1, -0.05) is 158 Å². The molecule has 8 aromatic carbocycles. The van der Waals surface area contributed by atoms with Crippen LogP contribution in [0, 0.1) is 17.9 Å². The minimum atomic E-state index is 0.546. The molecule has 0 saturated carbocycles. The fraction of sp³-hybridized carbons (Fsp3) is 0. The van der Waals surface area contributed by atoms with Crippen LogP contribution in [0.25, 0.3) is 41.3 Å². The van der Waals surface area contributed by atoms with Gasteiger partial charge in [0, 0.05) is 34.1 Å². The molecule has 0 radical (unpaired) electrons. The Balaban J connectivity index is 0.937. The molecule has 0 heterocycles. The summed E-state index contributed by atoms with van der Waals surface area (Å²) in [4.78, 5) is 8.30. The summed E-state index contributed by atoms with van der Waals surface area (Å²) in [5.74, 6) is 0. The molecule has 8 rings (SSSR count). The topological polar surface area (TPSA) is 34.6 Å². The standard InChI is InChI=1S/C56H40N4/c1-58-56-41-46(25-23-44-30-38-55(39-31-44)60(52-18-10-4-11-19-52)53-20-12-5-13-21-53)27-33-48(56)35-34-47-32-26-45(40-49(47)42-57)24-22-43-28-36-54(37-29-43)59(50-14-6-2-7-15-50)51-16-8-3-9-17-51/h2-41H/b24-22-,25-23-,35-34-. The van der Waals surface area contributed by atoms with E-state index in [-0.39, 0.29) is 0 Å². The fourth-order valence-corrected chi connectivity index (χ4v) is 7.06. The van der Waals surface area contributed by atoms with Crippen LogP contribution >= 0.6 is 0 Å². The van der Waals surface area contributed by atoms with Crippen LogP contribution in [-0.2, 0) is 0 Å². The van der Waals surface area contributed by atoms with Crippen molar-refractivity contribution in [1.82, 2.24) is 0 Å². The SMILES string of the molecule is [C-]#[N+]c1cc(/C=C\c2ccc(N(c3ccccc3)c3ccccc3)cc2)ccc1/C=C\c1ccc(/C=C\c2ccc(N(c3ccccc3)c3ccccc3)cc2)cc1C#N. The Morgan fingerprint density at radius 1 is 0.367 bits per heavy atom. The maximum atomic E-state index is 10.1. The highest BCUT2D eigenvalue weighted by atomic mass is 15.1. The fourth-order valence-electron chi connectivity index (χ4n) is 7.06. The van der Waals surface area contributed by atoms with Crippen molar-refractivity contribution in [3.63, 3.8) is 0 Å². The van der Waals surface area contributed by atoms with Crippen molar-refractivity contribution < 1.29 is 0 Å². The number of benzene rings is 8. The van der Waals surface area contributed by atoms with Crippen molar-refractivity contribution in [1.29, 1.82) is 5.26 Å². The Labute approximate surface area is 352 Å². The number of rotatable bonds is 12. The lowest BCUT2D eigenvalue weighted by Gasteiger charge is -2.25.